The Morgan fingerprint density at radius 1 is 1.07 bits per heavy atom. The van der Waals surface area contributed by atoms with Crippen LogP contribution < -0.4 is 15.4 Å². The molecule has 5 nitrogen and oxygen atoms in total. The minimum Gasteiger partial charge on any atom is -0.487 e. The molecule has 0 aliphatic rings. The van der Waals surface area contributed by atoms with Crippen LogP contribution >= 0.6 is 22.1 Å². The molecule has 8 heteroatoms. The highest BCUT2D eigenvalue weighted by Gasteiger charge is 2.13. The largest absolute Gasteiger partial charge is 0.487 e. The Morgan fingerprint density at radius 2 is 1.95 bits per heavy atom. The maximum atomic E-state index is 13.5. The molecule has 2 N–H and O–H groups in total. The zero-order valence-corrected chi connectivity index (χ0v) is 25.6. The normalized spacial score (nSPS) is 12.1. The predicted octanol–water partition coefficient (Wildman–Crippen LogP) is 8.98. The van der Waals surface area contributed by atoms with Gasteiger partial charge in [-0.25, -0.2) is 4.39 Å². The summed E-state index contributed by atoms with van der Waals surface area (Å²) in [4.78, 5) is 4.70. The third-order valence-corrected chi connectivity index (χ3v) is 9.01. The molecule has 0 radical (unpaired) electrons. The lowest BCUT2D eigenvalue weighted by molar-refractivity contribution is 0.306. The fourth-order valence-electron chi connectivity index (χ4n) is 4.62. The molecule has 0 aliphatic heterocycles. The number of benzene rings is 3. The summed E-state index contributed by atoms with van der Waals surface area (Å²) in [7, 11) is 0.340. The fraction of sp³-hybridized carbons (Fsp3) is 0.235. The van der Waals surface area contributed by atoms with E-state index in [9.17, 15) is 4.39 Å². The molecule has 0 bridgehead atoms. The van der Waals surface area contributed by atoms with E-state index in [-0.39, 0.29) is 12.4 Å². The Labute approximate surface area is 254 Å². The smallest absolute Gasteiger partial charge is 0.138 e. The first-order valence-electron chi connectivity index (χ1n) is 14.0. The standard InChI is InChI=1S/C34H35ClFN3O2S/c1-4-24-20-38-31-12-9-25(32-14-11-28(41-32)21-37-15-16-42(3)5-2)18-29(31)34(24)39-27-10-13-33(30(35)19-27)40-22-23-7-6-8-26(36)17-23/h5-14,17-20,37H,4,15-16,21-22H2,1-3H3,(H,38,39). The second kappa shape index (κ2) is 14.0. The van der Waals surface area contributed by atoms with Gasteiger partial charge in [0.25, 0.3) is 0 Å². The second-order valence-electron chi connectivity index (χ2n) is 10.0. The van der Waals surface area contributed by atoms with Crippen molar-refractivity contribution in [3.05, 3.63) is 107 Å². The number of hydrogen-bond acceptors (Lipinski definition) is 5. The van der Waals surface area contributed by atoms with Gasteiger partial charge in [0.2, 0.25) is 0 Å². The topological polar surface area (TPSA) is 59.3 Å². The highest BCUT2D eigenvalue weighted by atomic mass is 35.5. The third kappa shape index (κ3) is 7.40. The number of pyridine rings is 1. The van der Waals surface area contributed by atoms with Crippen molar-refractivity contribution in [2.45, 2.75) is 33.4 Å². The summed E-state index contributed by atoms with van der Waals surface area (Å²) < 4.78 is 25.6. The van der Waals surface area contributed by atoms with E-state index in [2.05, 4.69) is 42.2 Å². The number of rotatable bonds is 12. The van der Waals surface area contributed by atoms with Gasteiger partial charge >= 0.3 is 0 Å². The molecule has 2 heterocycles. The lowest BCUT2D eigenvalue weighted by Crippen LogP contribution is -2.16. The fourth-order valence-corrected chi connectivity index (χ4v) is 5.56. The summed E-state index contributed by atoms with van der Waals surface area (Å²) in [6.07, 6.45) is 4.98. The first-order valence-corrected chi connectivity index (χ1v) is 16.2. The van der Waals surface area contributed by atoms with E-state index >= 15 is 0 Å². The Hall–Kier alpha value is -3.65. The number of fused-ring (bicyclic) bond motifs is 1. The van der Waals surface area contributed by atoms with Gasteiger partial charge in [0.05, 0.1) is 22.8 Å². The number of aromatic nitrogens is 1. The molecule has 0 spiro atoms. The van der Waals surface area contributed by atoms with Crippen molar-refractivity contribution in [3.8, 4) is 17.1 Å². The van der Waals surface area contributed by atoms with Gasteiger partial charge in [-0.05, 0) is 91.4 Å². The van der Waals surface area contributed by atoms with Gasteiger partial charge in [0.1, 0.15) is 29.7 Å². The molecule has 42 heavy (non-hydrogen) atoms. The van der Waals surface area contributed by atoms with Crippen molar-refractivity contribution in [2.75, 3.05) is 23.9 Å². The maximum absolute atomic E-state index is 13.5. The van der Waals surface area contributed by atoms with Gasteiger partial charge in [-0.2, -0.15) is 10.5 Å². The van der Waals surface area contributed by atoms with Gasteiger partial charge in [-0.1, -0.05) is 36.0 Å². The first-order chi connectivity index (χ1) is 20.4. The molecule has 218 valence electrons. The monoisotopic (exact) mass is 603 g/mol. The van der Waals surface area contributed by atoms with E-state index in [1.54, 1.807) is 6.07 Å². The SMILES string of the molecule is C/C=S(\C)CCNCc1ccc(-c2ccc3ncc(CC)c(Nc4ccc(OCc5cccc(F)c5)c(Cl)c4)c3c2)o1. The van der Waals surface area contributed by atoms with Crippen LogP contribution in [0.4, 0.5) is 15.8 Å². The number of nitrogens with zero attached hydrogens (tertiary/aromatic N) is 1. The number of halogens is 2. The van der Waals surface area contributed by atoms with Crippen LogP contribution in [-0.4, -0.2) is 28.9 Å². The van der Waals surface area contributed by atoms with E-state index < -0.39 is 0 Å². The van der Waals surface area contributed by atoms with Crippen molar-refractivity contribution in [1.29, 1.82) is 0 Å². The average Bonchev–Trinajstić information content (AvgIpc) is 3.48. The number of furan rings is 1. The lowest BCUT2D eigenvalue weighted by Gasteiger charge is -2.16. The van der Waals surface area contributed by atoms with E-state index in [0.717, 1.165) is 69.2 Å². The van der Waals surface area contributed by atoms with Crippen molar-refractivity contribution < 1.29 is 13.5 Å². The van der Waals surface area contributed by atoms with E-state index in [1.807, 2.05) is 54.7 Å². The molecule has 0 saturated carbocycles. The summed E-state index contributed by atoms with van der Waals surface area (Å²) >= 11 is 6.59. The molecule has 3 aromatic carbocycles. The van der Waals surface area contributed by atoms with Crippen molar-refractivity contribution in [1.82, 2.24) is 10.3 Å². The van der Waals surface area contributed by atoms with Gasteiger partial charge < -0.3 is 19.8 Å². The highest BCUT2D eigenvalue weighted by molar-refractivity contribution is 8.14. The van der Waals surface area contributed by atoms with Gasteiger partial charge in [-0.3, -0.25) is 4.98 Å². The van der Waals surface area contributed by atoms with Crippen LogP contribution in [0.2, 0.25) is 5.02 Å². The van der Waals surface area contributed by atoms with Crippen LogP contribution in [0, 0.1) is 5.82 Å². The quantitative estimate of drug-likeness (QED) is 0.110. The summed E-state index contributed by atoms with van der Waals surface area (Å²) in [5, 5.41) is 10.8. The molecular weight excluding hydrogens is 569 g/mol. The molecule has 2 aromatic heterocycles. The zero-order chi connectivity index (χ0) is 29.5. The summed E-state index contributed by atoms with van der Waals surface area (Å²) in [5.41, 5.74) is 5.50. The number of hydrogen-bond donors (Lipinski definition) is 2. The van der Waals surface area contributed by atoms with Crippen LogP contribution in [-0.2, 0) is 19.6 Å². The van der Waals surface area contributed by atoms with Gasteiger partial charge in [-0.15, -0.1) is 0 Å². The molecule has 0 aliphatic carbocycles. The highest BCUT2D eigenvalue weighted by Crippen LogP contribution is 2.35. The molecule has 5 rings (SSSR count). The number of anilines is 2. The average molecular weight is 604 g/mol. The molecular formula is C34H35ClFN3O2S. The lowest BCUT2D eigenvalue weighted by atomic mass is 10.0. The maximum Gasteiger partial charge on any atom is 0.138 e. The van der Waals surface area contributed by atoms with Gasteiger partial charge in [0, 0.05) is 35.1 Å². The van der Waals surface area contributed by atoms with Crippen molar-refractivity contribution >= 4 is 49.7 Å². The van der Waals surface area contributed by atoms with Gasteiger partial charge in [0.15, 0.2) is 0 Å². The molecule has 1 unspecified atom stereocenters. The summed E-state index contributed by atoms with van der Waals surface area (Å²) in [6.45, 7) is 6.11. The minimum absolute atomic E-state index is 0.226. The number of aryl methyl sites for hydroxylation is 1. The van der Waals surface area contributed by atoms with E-state index in [0.29, 0.717) is 27.8 Å². The van der Waals surface area contributed by atoms with Crippen LogP contribution in [0.5, 0.6) is 5.75 Å². The summed E-state index contributed by atoms with van der Waals surface area (Å²) in [6, 6.07) is 22.2. The van der Waals surface area contributed by atoms with E-state index in [4.69, 9.17) is 25.7 Å². The predicted molar refractivity (Wildman–Crippen MR) is 176 cm³/mol. The third-order valence-electron chi connectivity index (χ3n) is 7.06. The van der Waals surface area contributed by atoms with Crippen LogP contribution in [0.25, 0.3) is 22.2 Å². The molecule has 5 aromatic rings. The van der Waals surface area contributed by atoms with E-state index in [1.165, 1.54) is 12.1 Å². The van der Waals surface area contributed by atoms with Crippen LogP contribution in [0.15, 0.2) is 83.4 Å². The van der Waals surface area contributed by atoms with Crippen LogP contribution in [0.3, 0.4) is 0 Å². The Morgan fingerprint density at radius 3 is 2.74 bits per heavy atom. The number of ether oxygens (including phenoxy) is 1. The summed E-state index contributed by atoms with van der Waals surface area (Å²) in [5.74, 6) is 3.10. The Bertz CT molecular complexity index is 1720. The van der Waals surface area contributed by atoms with Crippen molar-refractivity contribution in [3.63, 3.8) is 0 Å². The molecule has 0 amide bonds. The minimum atomic E-state index is -0.294. The second-order valence-corrected chi connectivity index (χ2v) is 12.7. The van der Waals surface area contributed by atoms with Crippen LogP contribution in [0.1, 0.15) is 30.7 Å². The molecule has 0 fully saturated rings. The Kier molecular flexibility index (Phi) is 9.95. The Balaban J connectivity index is 1.35. The van der Waals surface area contributed by atoms with Crippen molar-refractivity contribution in [2.24, 2.45) is 0 Å². The molecule has 1 atom stereocenters. The molecule has 0 saturated heterocycles. The number of nitrogens with one attached hydrogen (secondary N) is 2. The first kappa shape index (κ1) is 29.8. The zero-order valence-electron chi connectivity index (χ0n) is 24.0.